The number of nitrogens with one attached hydrogen (secondary N) is 1. The Bertz CT molecular complexity index is 826. The van der Waals surface area contributed by atoms with Gasteiger partial charge in [-0.25, -0.2) is 0 Å². The molecule has 0 bridgehead atoms. The molecule has 0 saturated heterocycles. The molecule has 0 heterocycles. The summed E-state index contributed by atoms with van der Waals surface area (Å²) in [6.45, 7) is 6.06. The van der Waals surface area contributed by atoms with Gasteiger partial charge in [0.05, 0.1) is 5.75 Å². The van der Waals surface area contributed by atoms with E-state index in [0.717, 1.165) is 11.1 Å². The van der Waals surface area contributed by atoms with Crippen molar-refractivity contribution in [3.8, 4) is 0 Å². The molecule has 2 aromatic carbocycles. The summed E-state index contributed by atoms with van der Waals surface area (Å²) in [6.07, 6.45) is 0.687. The average Bonchev–Trinajstić information content (AvgIpc) is 2.70. The summed E-state index contributed by atoms with van der Waals surface area (Å²) in [6, 6.07) is 14.8. The Kier molecular flexibility index (Phi) is 10.0. The van der Waals surface area contributed by atoms with Crippen molar-refractivity contribution in [1.29, 1.82) is 0 Å². The van der Waals surface area contributed by atoms with Gasteiger partial charge < -0.3 is 10.2 Å². The van der Waals surface area contributed by atoms with Crippen molar-refractivity contribution in [1.82, 2.24) is 10.2 Å². The minimum atomic E-state index is -0.548. The van der Waals surface area contributed by atoms with Crippen LogP contribution < -0.4 is 5.32 Å². The topological polar surface area (TPSA) is 49.4 Å². The third kappa shape index (κ3) is 7.53. The first-order valence-electron chi connectivity index (χ1n) is 9.94. The first kappa shape index (κ1) is 24.6. The van der Waals surface area contributed by atoms with Gasteiger partial charge in [0.25, 0.3) is 0 Å². The molecule has 0 aromatic heterocycles. The first-order valence-corrected chi connectivity index (χ1v) is 11.8. The maximum Gasteiger partial charge on any atom is 0.242 e. The Morgan fingerprint density at radius 3 is 2.23 bits per heavy atom. The number of hydrogen-bond donors (Lipinski definition) is 1. The van der Waals surface area contributed by atoms with E-state index in [9.17, 15) is 9.59 Å². The highest BCUT2D eigenvalue weighted by molar-refractivity contribution is 7.99. The van der Waals surface area contributed by atoms with Crippen molar-refractivity contribution in [3.63, 3.8) is 0 Å². The van der Waals surface area contributed by atoms with E-state index >= 15 is 0 Å². The second-order valence-electron chi connectivity index (χ2n) is 7.36. The zero-order valence-electron chi connectivity index (χ0n) is 17.5. The van der Waals surface area contributed by atoms with Gasteiger partial charge in [-0.1, -0.05) is 59.6 Å². The predicted molar refractivity (Wildman–Crippen MR) is 127 cm³/mol. The third-order valence-corrected chi connectivity index (χ3v) is 6.27. The quantitative estimate of drug-likeness (QED) is 0.522. The monoisotopic (exact) mass is 466 g/mol. The van der Waals surface area contributed by atoms with E-state index in [-0.39, 0.29) is 23.6 Å². The van der Waals surface area contributed by atoms with Crippen LogP contribution >= 0.6 is 35.0 Å². The molecule has 2 aromatic rings. The molecule has 0 aliphatic carbocycles. The zero-order chi connectivity index (χ0) is 22.1. The lowest BCUT2D eigenvalue weighted by Crippen LogP contribution is -2.50. The van der Waals surface area contributed by atoms with Crippen LogP contribution in [0, 0.1) is 0 Å². The fourth-order valence-electron chi connectivity index (χ4n) is 2.97. The number of thioether (sulfide) groups is 1. The van der Waals surface area contributed by atoms with Gasteiger partial charge in [-0.15, -0.1) is 11.8 Å². The van der Waals surface area contributed by atoms with Crippen molar-refractivity contribution < 1.29 is 9.59 Å². The highest BCUT2D eigenvalue weighted by atomic mass is 35.5. The zero-order valence-corrected chi connectivity index (χ0v) is 19.9. The summed E-state index contributed by atoms with van der Waals surface area (Å²) in [5.74, 6) is 0.551. The number of halogens is 2. The molecule has 0 fully saturated rings. The van der Waals surface area contributed by atoms with Crippen molar-refractivity contribution >= 4 is 46.8 Å². The molecule has 0 saturated carbocycles. The maximum atomic E-state index is 13.0. The Morgan fingerprint density at radius 2 is 1.63 bits per heavy atom. The van der Waals surface area contributed by atoms with Gasteiger partial charge in [0.1, 0.15) is 6.04 Å². The summed E-state index contributed by atoms with van der Waals surface area (Å²) in [7, 11) is 0. The van der Waals surface area contributed by atoms with Gasteiger partial charge in [0.15, 0.2) is 0 Å². The number of carbonyl (C=O) groups is 2. The van der Waals surface area contributed by atoms with Crippen molar-refractivity contribution in [2.24, 2.45) is 0 Å². The van der Waals surface area contributed by atoms with Gasteiger partial charge in [-0.2, -0.15) is 0 Å². The van der Waals surface area contributed by atoms with Crippen LogP contribution in [0.25, 0.3) is 0 Å². The molecule has 7 heteroatoms. The van der Waals surface area contributed by atoms with E-state index in [1.807, 2.05) is 44.2 Å². The number of hydrogen-bond acceptors (Lipinski definition) is 3. The standard InChI is InChI=1S/C23H28Cl2N2O2S/c1-16(2)26-23(29)17(3)27(13-12-18-8-5-4-6-9-18)22(28)15-30-14-19-20(24)10-7-11-21(19)25/h4-11,16-17H,12-15H2,1-3H3,(H,26,29)/t17-/m0/s1. The summed E-state index contributed by atoms with van der Waals surface area (Å²) in [4.78, 5) is 27.2. The van der Waals surface area contributed by atoms with E-state index in [0.29, 0.717) is 28.8 Å². The molecule has 0 unspecified atom stereocenters. The Balaban J connectivity index is 2.03. The molecule has 1 atom stereocenters. The molecule has 162 valence electrons. The normalized spacial score (nSPS) is 11.9. The Morgan fingerprint density at radius 1 is 1.00 bits per heavy atom. The smallest absolute Gasteiger partial charge is 0.242 e. The SMILES string of the molecule is CC(C)NC(=O)[C@H](C)N(CCc1ccccc1)C(=O)CSCc1c(Cl)cccc1Cl. The van der Waals surface area contributed by atoms with E-state index in [4.69, 9.17) is 23.2 Å². The predicted octanol–water partition coefficient (Wildman–Crippen LogP) is 5.21. The Labute approximate surface area is 193 Å². The van der Waals surface area contributed by atoms with E-state index in [1.165, 1.54) is 11.8 Å². The minimum absolute atomic E-state index is 0.0164. The largest absolute Gasteiger partial charge is 0.352 e. The fourth-order valence-corrected chi connectivity index (χ4v) is 4.62. The number of rotatable bonds is 10. The highest BCUT2D eigenvalue weighted by Crippen LogP contribution is 2.28. The van der Waals surface area contributed by atoms with Crippen LogP contribution in [-0.4, -0.2) is 41.1 Å². The summed E-state index contributed by atoms with van der Waals surface area (Å²) in [5, 5.41) is 4.08. The molecule has 0 aliphatic rings. The average molecular weight is 467 g/mol. The molecule has 1 N–H and O–H groups in total. The molecule has 0 radical (unpaired) electrons. The van der Waals surface area contributed by atoms with Crippen LogP contribution in [0.4, 0.5) is 0 Å². The molecule has 30 heavy (non-hydrogen) atoms. The number of amides is 2. The van der Waals surface area contributed by atoms with E-state index in [1.54, 1.807) is 30.0 Å². The van der Waals surface area contributed by atoms with Crippen LogP contribution in [0.3, 0.4) is 0 Å². The molecule has 2 rings (SSSR count). The van der Waals surface area contributed by atoms with Crippen molar-refractivity contribution in [3.05, 3.63) is 69.7 Å². The highest BCUT2D eigenvalue weighted by Gasteiger charge is 2.26. The van der Waals surface area contributed by atoms with Crippen LogP contribution in [-0.2, 0) is 21.8 Å². The lowest BCUT2D eigenvalue weighted by Gasteiger charge is -2.29. The van der Waals surface area contributed by atoms with Gasteiger partial charge in [-0.3, -0.25) is 9.59 Å². The van der Waals surface area contributed by atoms with Gasteiger partial charge >= 0.3 is 0 Å². The lowest BCUT2D eigenvalue weighted by atomic mass is 10.1. The fraction of sp³-hybridized carbons (Fsp3) is 0.391. The van der Waals surface area contributed by atoms with Gasteiger partial charge in [0.2, 0.25) is 11.8 Å². The van der Waals surface area contributed by atoms with Crippen LogP contribution in [0.15, 0.2) is 48.5 Å². The maximum absolute atomic E-state index is 13.0. The Hall–Kier alpha value is -1.69. The molecule has 4 nitrogen and oxygen atoms in total. The molecule has 0 aliphatic heterocycles. The third-order valence-electron chi connectivity index (χ3n) is 4.62. The van der Waals surface area contributed by atoms with Crippen molar-refractivity contribution in [2.75, 3.05) is 12.3 Å². The van der Waals surface area contributed by atoms with E-state index < -0.39 is 6.04 Å². The number of nitrogens with zero attached hydrogens (tertiary/aromatic N) is 1. The van der Waals surface area contributed by atoms with E-state index in [2.05, 4.69) is 5.32 Å². The van der Waals surface area contributed by atoms with Crippen LogP contribution in [0.2, 0.25) is 10.0 Å². The summed E-state index contributed by atoms with van der Waals surface area (Å²) < 4.78 is 0. The minimum Gasteiger partial charge on any atom is -0.352 e. The second-order valence-corrected chi connectivity index (χ2v) is 9.16. The van der Waals surface area contributed by atoms with Gasteiger partial charge in [0, 0.05) is 28.4 Å². The first-order chi connectivity index (χ1) is 14.3. The van der Waals surface area contributed by atoms with Crippen LogP contribution in [0.5, 0.6) is 0 Å². The molecule has 2 amide bonds. The van der Waals surface area contributed by atoms with Crippen LogP contribution in [0.1, 0.15) is 31.9 Å². The number of benzene rings is 2. The number of carbonyl (C=O) groups excluding carboxylic acids is 2. The summed E-state index contributed by atoms with van der Waals surface area (Å²) in [5.41, 5.74) is 1.95. The van der Waals surface area contributed by atoms with Gasteiger partial charge in [-0.05, 0) is 50.5 Å². The second kappa shape index (κ2) is 12.2. The summed E-state index contributed by atoms with van der Waals surface area (Å²) >= 11 is 13.9. The molecular formula is C23H28Cl2N2O2S. The molecule has 0 spiro atoms. The van der Waals surface area contributed by atoms with Crippen molar-refractivity contribution in [2.45, 2.75) is 45.0 Å². The molecular weight excluding hydrogens is 439 g/mol. The lowest BCUT2D eigenvalue weighted by molar-refractivity contribution is -0.138.